The number of nitrogens with zero attached hydrogens (tertiary/aromatic N) is 1. The van der Waals surface area contributed by atoms with Crippen LogP contribution in [0.15, 0.2) is 30.3 Å². The summed E-state index contributed by atoms with van der Waals surface area (Å²) in [5.74, 6) is 0.0307. The lowest BCUT2D eigenvalue weighted by molar-refractivity contribution is -0.142. The van der Waals surface area contributed by atoms with E-state index < -0.39 is 5.97 Å². The number of hydrogen-bond acceptors (Lipinski definition) is 3. The van der Waals surface area contributed by atoms with Gasteiger partial charge in [-0.15, -0.1) is 0 Å². The molecule has 1 heterocycles. The van der Waals surface area contributed by atoms with Crippen molar-refractivity contribution in [2.75, 3.05) is 19.6 Å². The average Bonchev–Trinajstić information content (AvgIpc) is 3.44. The maximum absolute atomic E-state index is 11.3. The van der Waals surface area contributed by atoms with E-state index in [-0.39, 0.29) is 6.04 Å². The summed E-state index contributed by atoms with van der Waals surface area (Å²) in [6.07, 6.45) is 5.56. The molecule has 1 aliphatic heterocycles. The lowest BCUT2D eigenvalue weighted by Crippen LogP contribution is -2.42. The molecule has 2 saturated carbocycles. The Morgan fingerprint density at radius 1 is 1.30 bits per heavy atom. The van der Waals surface area contributed by atoms with E-state index in [4.69, 9.17) is 0 Å². The van der Waals surface area contributed by atoms with Gasteiger partial charge in [0.2, 0.25) is 0 Å². The first kappa shape index (κ1) is 15.2. The van der Waals surface area contributed by atoms with Crippen LogP contribution in [0.5, 0.6) is 0 Å². The molecule has 4 rings (SSSR count). The summed E-state index contributed by atoms with van der Waals surface area (Å²) in [6.45, 7) is 2.96. The predicted octanol–water partition coefficient (Wildman–Crippen LogP) is 2.46. The van der Waals surface area contributed by atoms with Crippen molar-refractivity contribution in [3.8, 4) is 0 Å². The van der Waals surface area contributed by atoms with E-state index >= 15 is 0 Å². The molecule has 0 radical (unpaired) electrons. The minimum Gasteiger partial charge on any atom is -0.480 e. The maximum Gasteiger partial charge on any atom is 0.320 e. The molecule has 3 fully saturated rings. The quantitative estimate of drug-likeness (QED) is 0.812. The Hall–Kier alpha value is -1.39. The summed E-state index contributed by atoms with van der Waals surface area (Å²) in [4.78, 5) is 13.5. The Kier molecular flexibility index (Phi) is 3.90. The van der Waals surface area contributed by atoms with Crippen LogP contribution in [0.1, 0.15) is 43.6 Å². The second-order valence-electron chi connectivity index (χ2n) is 7.71. The SMILES string of the molecule is O=C(O)[C@@H]1CCCN1CC1(CN[C@H]2C[C@@H]2c2ccccc2)CC1. The van der Waals surface area contributed by atoms with Crippen molar-refractivity contribution < 1.29 is 9.90 Å². The van der Waals surface area contributed by atoms with E-state index in [1.807, 2.05) is 0 Å². The van der Waals surface area contributed by atoms with Crippen LogP contribution >= 0.6 is 0 Å². The van der Waals surface area contributed by atoms with Crippen LogP contribution < -0.4 is 5.32 Å². The van der Waals surface area contributed by atoms with Crippen molar-refractivity contribution in [3.05, 3.63) is 35.9 Å². The molecule has 1 aromatic rings. The van der Waals surface area contributed by atoms with Gasteiger partial charge < -0.3 is 10.4 Å². The van der Waals surface area contributed by atoms with E-state index in [1.165, 1.54) is 24.8 Å². The van der Waals surface area contributed by atoms with Crippen LogP contribution in [-0.4, -0.2) is 47.7 Å². The van der Waals surface area contributed by atoms with Crippen LogP contribution in [0.2, 0.25) is 0 Å². The van der Waals surface area contributed by atoms with Gasteiger partial charge in [-0.1, -0.05) is 30.3 Å². The number of carbonyl (C=O) groups is 1. The molecule has 4 heteroatoms. The van der Waals surface area contributed by atoms with Crippen molar-refractivity contribution >= 4 is 5.97 Å². The topological polar surface area (TPSA) is 52.6 Å². The Bertz CT molecular complexity index is 570. The first-order valence-corrected chi connectivity index (χ1v) is 8.92. The Morgan fingerprint density at radius 2 is 2.09 bits per heavy atom. The molecule has 1 saturated heterocycles. The summed E-state index contributed by atoms with van der Waals surface area (Å²) in [7, 11) is 0. The number of likely N-dealkylation sites (tertiary alicyclic amines) is 1. The van der Waals surface area contributed by atoms with Crippen molar-refractivity contribution in [1.29, 1.82) is 0 Å². The normalized spacial score (nSPS) is 31.9. The van der Waals surface area contributed by atoms with Gasteiger partial charge in [0.15, 0.2) is 0 Å². The van der Waals surface area contributed by atoms with E-state index in [9.17, 15) is 9.90 Å². The standard InChI is InChI=1S/C19H26N2O2/c22-18(23)17-7-4-10-21(17)13-19(8-9-19)12-20-16-11-15(16)14-5-2-1-3-6-14/h1-3,5-6,15-17,20H,4,7-13H2,(H,22,23)/t15-,16+,17+/m1/s1. The molecule has 0 unspecified atom stereocenters. The Balaban J connectivity index is 1.28. The molecule has 0 amide bonds. The van der Waals surface area contributed by atoms with E-state index in [0.29, 0.717) is 17.4 Å². The van der Waals surface area contributed by atoms with E-state index in [2.05, 4.69) is 40.5 Å². The summed E-state index contributed by atoms with van der Waals surface area (Å²) >= 11 is 0. The number of aliphatic carboxylic acids is 1. The molecule has 0 spiro atoms. The smallest absolute Gasteiger partial charge is 0.320 e. The molecule has 0 aromatic heterocycles. The molecule has 4 nitrogen and oxygen atoms in total. The predicted molar refractivity (Wildman–Crippen MR) is 89.5 cm³/mol. The third kappa shape index (κ3) is 3.29. The van der Waals surface area contributed by atoms with Gasteiger partial charge in [0.1, 0.15) is 6.04 Å². The Morgan fingerprint density at radius 3 is 2.78 bits per heavy atom. The minimum atomic E-state index is -0.641. The minimum absolute atomic E-state index is 0.245. The van der Waals surface area contributed by atoms with Crippen molar-refractivity contribution in [2.45, 2.75) is 50.1 Å². The monoisotopic (exact) mass is 314 g/mol. The average molecular weight is 314 g/mol. The molecular formula is C19H26N2O2. The van der Waals surface area contributed by atoms with Gasteiger partial charge in [-0.05, 0) is 49.6 Å². The molecule has 3 atom stereocenters. The second kappa shape index (κ2) is 5.91. The van der Waals surface area contributed by atoms with Crippen molar-refractivity contribution in [1.82, 2.24) is 10.2 Å². The summed E-state index contributed by atoms with van der Waals surface area (Å²) < 4.78 is 0. The summed E-state index contributed by atoms with van der Waals surface area (Å²) in [5, 5.41) is 13.1. The van der Waals surface area contributed by atoms with Gasteiger partial charge >= 0.3 is 5.97 Å². The van der Waals surface area contributed by atoms with Gasteiger partial charge in [-0.3, -0.25) is 9.69 Å². The molecule has 23 heavy (non-hydrogen) atoms. The third-order valence-electron chi connectivity index (χ3n) is 5.90. The molecule has 2 N–H and O–H groups in total. The van der Waals surface area contributed by atoms with E-state index in [1.54, 1.807) is 0 Å². The maximum atomic E-state index is 11.3. The lowest BCUT2D eigenvalue weighted by Gasteiger charge is -2.27. The van der Waals surface area contributed by atoms with Crippen LogP contribution in [0, 0.1) is 5.41 Å². The van der Waals surface area contributed by atoms with Gasteiger partial charge in [0.05, 0.1) is 0 Å². The fourth-order valence-electron chi connectivity index (χ4n) is 4.13. The largest absolute Gasteiger partial charge is 0.480 e. The van der Waals surface area contributed by atoms with Crippen LogP contribution in [0.25, 0.3) is 0 Å². The molecule has 0 bridgehead atoms. The van der Waals surface area contributed by atoms with Crippen LogP contribution in [-0.2, 0) is 4.79 Å². The number of benzene rings is 1. The molecule has 2 aliphatic carbocycles. The van der Waals surface area contributed by atoms with Crippen LogP contribution in [0.3, 0.4) is 0 Å². The number of carboxylic acids is 1. The van der Waals surface area contributed by atoms with Crippen LogP contribution in [0.4, 0.5) is 0 Å². The zero-order valence-corrected chi connectivity index (χ0v) is 13.6. The number of nitrogens with one attached hydrogen (secondary N) is 1. The molecule has 3 aliphatic rings. The second-order valence-corrected chi connectivity index (χ2v) is 7.71. The zero-order valence-electron chi connectivity index (χ0n) is 13.6. The van der Waals surface area contributed by atoms with Gasteiger partial charge in [-0.2, -0.15) is 0 Å². The lowest BCUT2D eigenvalue weighted by atomic mass is 10.1. The van der Waals surface area contributed by atoms with E-state index in [0.717, 1.165) is 32.5 Å². The third-order valence-corrected chi connectivity index (χ3v) is 5.90. The highest BCUT2D eigenvalue weighted by molar-refractivity contribution is 5.73. The summed E-state index contributed by atoms with van der Waals surface area (Å²) in [6, 6.07) is 11.1. The molecule has 1 aromatic carbocycles. The highest BCUT2D eigenvalue weighted by Gasteiger charge is 2.48. The number of rotatable bonds is 7. The number of hydrogen-bond donors (Lipinski definition) is 2. The fraction of sp³-hybridized carbons (Fsp3) is 0.632. The zero-order chi connectivity index (χ0) is 15.9. The Labute approximate surface area is 137 Å². The van der Waals surface area contributed by atoms with Crippen molar-refractivity contribution in [3.63, 3.8) is 0 Å². The number of carboxylic acid groups (broad SMARTS) is 1. The van der Waals surface area contributed by atoms with Crippen molar-refractivity contribution in [2.24, 2.45) is 5.41 Å². The first-order valence-electron chi connectivity index (χ1n) is 8.92. The highest BCUT2D eigenvalue weighted by atomic mass is 16.4. The fourth-order valence-corrected chi connectivity index (χ4v) is 4.13. The summed E-state index contributed by atoms with van der Waals surface area (Å²) in [5.41, 5.74) is 1.78. The van der Waals surface area contributed by atoms with Gasteiger partial charge in [0.25, 0.3) is 0 Å². The molecule has 124 valence electrons. The van der Waals surface area contributed by atoms with Gasteiger partial charge in [-0.25, -0.2) is 0 Å². The molecular weight excluding hydrogens is 288 g/mol. The first-order chi connectivity index (χ1) is 11.2. The van der Waals surface area contributed by atoms with Gasteiger partial charge in [0, 0.05) is 25.0 Å². The highest BCUT2D eigenvalue weighted by Crippen LogP contribution is 2.48.